The molecule has 3 nitrogen and oxygen atoms in total. The SMILES string of the molecule is CC(C)c1nc(Br)c2n1CC(CN)CC2. The lowest BCUT2D eigenvalue weighted by Crippen LogP contribution is -2.27. The number of halogens is 1. The van der Waals surface area contributed by atoms with Gasteiger partial charge in [-0.1, -0.05) is 13.8 Å². The zero-order valence-corrected chi connectivity index (χ0v) is 10.9. The topological polar surface area (TPSA) is 43.8 Å². The van der Waals surface area contributed by atoms with Crippen LogP contribution in [-0.2, 0) is 13.0 Å². The van der Waals surface area contributed by atoms with Crippen LogP contribution in [0.3, 0.4) is 0 Å². The smallest absolute Gasteiger partial charge is 0.127 e. The van der Waals surface area contributed by atoms with Crippen LogP contribution in [0.4, 0.5) is 0 Å². The second kappa shape index (κ2) is 4.26. The molecule has 1 unspecified atom stereocenters. The predicted octanol–water partition coefficient (Wildman–Crippen LogP) is 2.29. The molecule has 15 heavy (non-hydrogen) atoms. The third-order valence-corrected chi connectivity index (χ3v) is 3.77. The number of hydrogen-bond acceptors (Lipinski definition) is 2. The normalized spacial score (nSPS) is 20.7. The maximum Gasteiger partial charge on any atom is 0.127 e. The van der Waals surface area contributed by atoms with Gasteiger partial charge in [-0.25, -0.2) is 4.98 Å². The van der Waals surface area contributed by atoms with Gasteiger partial charge in [0.25, 0.3) is 0 Å². The van der Waals surface area contributed by atoms with Gasteiger partial charge in [-0.3, -0.25) is 0 Å². The highest BCUT2D eigenvalue weighted by molar-refractivity contribution is 9.10. The average molecular weight is 272 g/mol. The number of nitrogens with zero attached hydrogens (tertiary/aromatic N) is 2. The highest BCUT2D eigenvalue weighted by Crippen LogP contribution is 2.29. The van der Waals surface area contributed by atoms with E-state index in [0.29, 0.717) is 11.8 Å². The van der Waals surface area contributed by atoms with Crippen molar-refractivity contribution in [3.8, 4) is 0 Å². The van der Waals surface area contributed by atoms with Crippen LogP contribution in [0.5, 0.6) is 0 Å². The summed E-state index contributed by atoms with van der Waals surface area (Å²) in [5.74, 6) is 2.29. The maximum atomic E-state index is 5.75. The monoisotopic (exact) mass is 271 g/mol. The summed E-state index contributed by atoms with van der Waals surface area (Å²) >= 11 is 3.55. The van der Waals surface area contributed by atoms with Crippen molar-refractivity contribution in [3.63, 3.8) is 0 Å². The quantitative estimate of drug-likeness (QED) is 0.897. The van der Waals surface area contributed by atoms with Crippen molar-refractivity contribution in [2.24, 2.45) is 11.7 Å². The molecule has 0 bridgehead atoms. The molecule has 0 aromatic carbocycles. The Labute approximate surface area is 99.2 Å². The second-order valence-electron chi connectivity index (χ2n) is 4.61. The number of fused-ring (bicyclic) bond motifs is 1. The van der Waals surface area contributed by atoms with E-state index in [1.807, 2.05) is 0 Å². The highest BCUT2D eigenvalue weighted by Gasteiger charge is 2.24. The number of rotatable bonds is 2. The number of aromatic nitrogens is 2. The molecule has 84 valence electrons. The minimum atomic E-state index is 0.478. The van der Waals surface area contributed by atoms with E-state index >= 15 is 0 Å². The van der Waals surface area contributed by atoms with E-state index in [2.05, 4.69) is 39.3 Å². The molecule has 2 N–H and O–H groups in total. The second-order valence-corrected chi connectivity index (χ2v) is 5.36. The molecule has 0 saturated heterocycles. The van der Waals surface area contributed by atoms with Gasteiger partial charge in [0.1, 0.15) is 10.4 Å². The van der Waals surface area contributed by atoms with E-state index in [1.54, 1.807) is 0 Å². The molecule has 1 aliphatic rings. The lowest BCUT2D eigenvalue weighted by molar-refractivity contribution is 0.367. The highest BCUT2D eigenvalue weighted by atomic mass is 79.9. The third kappa shape index (κ3) is 1.97. The molecule has 0 fully saturated rings. The Kier molecular flexibility index (Phi) is 3.16. The van der Waals surface area contributed by atoms with Crippen molar-refractivity contribution in [1.82, 2.24) is 9.55 Å². The van der Waals surface area contributed by atoms with Gasteiger partial charge in [0.15, 0.2) is 0 Å². The molecule has 2 rings (SSSR count). The van der Waals surface area contributed by atoms with Gasteiger partial charge in [-0.05, 0) is 41.2 Å². The van der Waals surface area contributed by atoms with Crippen molar-refractivity contribution in [2.75, 3.05) is 6.54 Å². The van der Waals surface area contributed by atoms with Gasteiger partial charge in [-0.15, -0.1) is 0 Å². The summed E-state index contributed by atoms with van der Waals surface area (Å²) in [7, 11) is 0. The first kappa shape index (κ1) is 11.1. The van der Waals surface area contributed by atoms with Crippen molar-refractivity contribution < 1.29 is 0 Å². The van der Waals surface area contributed by atoms with Gasteiger partial charge in [0.05, 0.1) is 5.69 Å². The Morgan fingerprint density at radius 3 is 2.93 bits per heavy atom. The van der Waals surface area contributed by atoms with Crippen LogP contribution in [0.2, 0.25) is 0 Å². The average Bonchev–Trinajstić information content (AvgIpc) is 2.56. The summed E-state index contributed by atoms with van der Waals surface area (Å²) < 4.78 is 3.39. The summed E-state index contributed by atoms with van der Waals surface area (Å²) in [5, 5.41) is 0. The van der Waals surface area contributed by atoms with Gasteiger partial charge < -0.3 is 10.3 Å². The molecule has 1 atom stereocenters. The van der Waals surface area contributed by atoms with Crippen LogP contribution in [-0.4, -0.2) is 16.1 Å². The zero-order valence-electron chi connectivity index (χ0n) is 9.33. The van der Waals surface area contributed by atoms with Crippen LogP contribution in [0.25, 0.3) is 0 Å². The summed E-state index contributed by atoms with van der Waals surface area (Å²) in [4.78, 5) is 4.60. The number of imidazole rings is 1. The minimum absolute atomic E-state index is 0.478. The molecule has 1 aromatic rings. The third-order valence-electron chi connectivity index (χ3n) is 3.13. The zero-order chi connectivity index (χ0) is 11.0. The van der Waals surface area contributed by atoms with Crippen molar-refractivity contribution in [3.05, 3.63) is 16.1 Å². The Morgan fingerprint density at radius 1 is 1.60 bits per heavy atom. The van der Waals surface area contributed by atoms with Crippen LogP contribution in [0, 0.1) is 5.92 Å². The van der Waals surface area contributed by atoms with Gasteiger partial charge >= 0.3 is 0 Å². The minimum Gasteiger partial charge on any atom is -0.330 e. The Bertz CT molecular complexity index is 357. The molecule has 0 saturated carbocycles. The first-order chi connectivity index (χ1) is 7.13. The van der Waals surface area contributed by atoms with E-state index < -0.39 is 0 Å². The lowest BCUT2D eigenvalue weighted by Gasteiger charge is -2.25. The molecule has 0 aliphatic carbocycles. The molecule has 0 spiro atoms. The number of hydrogen-bond donors (Lipinski definition) is 1. The first-order valence-corrected chi connectivity index (χ1v) is 6.37. The summed E-state index contributed by atoms with van der Waals surface area (Å²) in [6, 6.07) is 0. The van der Waals surface area contributed by atoms with Crippen molar-refractivity contribution >= 4 is 15.9 Å². The molecule has 2 heterocycles. The summed E-state index contributed by atoms with van der Waals surface area (Å²) in [6.45, 7) is 6.20. The van der Waals surface area contributed by atoms with Crippen LogP contribution < -0.4 is 5.73 Å². The van der Waals surface area contributed by atoms with Crippen molar-refractivity contribution in [1.29, 1.82) is 0 Å². The van der Waals surface area contributed by atoms with E-state index in [-0.39, 0.29) is 0 Å². The Balaban J connectivity index is 2.37. The predicted molar refractivity (Wildman–Crippen MR) is 64.9 cm³/mol. The number of nitrogens with two attached hydrogens (primary N) is 1. The first-order valence-electron chi connectivity index (χ1n) is 5.58. The van der Waals surface area contributed by atoms with Crippen LogP contribution in [0.1, 0.15) is 37.7 Å². The fraction of sp³-hybridized carbons (Fsp3) is 0.727. The Hall–Kier alpha value is -0.350. The molecule has 0 radical (unpaired) electrons. The largest absolute Gasteiger partial charge is 0.330 e. The molecule has 4 heteroatoms. The fourth-order valence-corrected chi connectivity index (χ4v) is 2.83. The van der Waals surface area contributed by atoms with Crippen LogP contribution >= 0.6 is 15.9 Å². The summed E-state index contributed by atoms with van der Waals surface area (Å²) in [5.41, 5.74) is 7.10. The Morgan fingerprint density at radius 2 is 2.33 bits per heavy atom. The van der Waals surface area contributed by atoms with Gasteiger partial charge in [0, 0.05) is 12.5 Å². The van der Waals surface area contributed by atoms with E-state index in [4.69, 9.17) is 5.73 Å². The molecular weight excluding hydrogens is 254 g/mol. The standard InChI is InChI=1S/C11H18BrN3/c1-7(2)11-14-10(12)9-4-3-8(5-13)6-15(9)11/h7-8H,3-6,13H2,1-2H3. The summed E-state index contributed by atoms with van der Waals surface area (Å²) in [6.07, 6.45) is 2.29. The van der Waals surface area contributed by atoms with Gasteiger partial charge in [-0.2, -0.15) is 0 Å². The van der Waals surface area contributed by atoms with Gasteiger partial charge in [0.2, 0.25) is 0 Å². The maximum absolute atomic E-state index is 5.75. The fourth-order valence-electron chi connectivity index (χ4n) is 2.24. The van der Waals surface area contributed by atoms with E-state index in [9.17, 15) is 0 Å². The van der Waals surface area contributed by atoms with E-state index in [1.165, 1.54) is 17.9 Å². The molecule has 1 aliphatic heterocycles. The lowest BCUT2D eigenvalue weighted by atomic mass is 9.98. The van der Waals surface area contributed by atoms with Crippen molar-refractivity contribution in [2.45, 2.75) is 39.2 Å². The molecule has 0 amide bonds. The molecule has 1 aromatic heterocycles. The van der Waals surface area contributed by atoms with Crippen LogP contribution in [0.15, 0.2) is 4.60 Å². The van der Waals surface area contributed by atoms with E-state index in [0.717, 1.165) is 24.1 Å². The molecular formula is C11H18BrN3.